The average Bonchev–Trinajstić information content (AvgIpc) is 3.17. The van der Waals surface area contributed by atoms with E-state index in [9.17, 15) is 4.79 Å². The number of aromatic nitrogens is 4. The van der Waals surface area contributed by atoms with E-state index in [1.807, 2.05) is 36.9 Å². The largest absolute Gasteiger partial charge is 0.352 e. The summed E-state index contributed by atoms with van der Waals surface area (Å²) in [7, 11) is 0. The van der Waals surface area contributed by atoms with Crippen LogP contribution >= 0.6 is 23.2 Å². The zero-order chi connectivity index (χ0) is 19.9. The molecule has 28 heavy (non-hydrogen) atoms. The predicted molar refractivity (Wildman–Crippen MR) is 109 cm³/mol. The number of anilines is 1. The van der Waals surface area contributed by atoms with E-state index in [2.05, 4.69) is 20.2 Å². The van der Waals surface area contributed by atoms with E-state index in [-0.39, 0.29) is 5.91 Å². The van der Waals surface area contributed by atoms with Gasteiger partial charge in [-0.1, -0.05) is 29.3 Å². The van der Waals surface area contributed by atoms with Gasteiger partial charge < -0.3 is 9.80 Å². The number of halogens is 2. The summed E-state index contributed by atoms with van der Waals surface area (Å²) in [5, 5.41) is 13.3. The summed E-state index contributed by atoms with van der Waals surface area (Å²) in [6, 6.07) is 9.19. The first-order chi connectivity index (χ1) is 13.4. The zero-order valence-corrected chi connectivity index (χ0v) is 17.2. The van der Waals surface area contributed by atoms with Crippen molar-refractivity contribution in [2.45, 2.75) is 19.3 Å². The van der Waals surface area contributed by atoms with Gasteiger partial charge in [-0.2, -0.15) is 4.52 Å². The molecular weight excluding hydrogens is 399 g/mol. The van der Waals surface area contributed by atoms with Crippen molar-refractivity contribution in [1.29, 1.82) is 0 Å². The van der Waals surface area contributed by atoms with E-state index < -0.39 is 5.41 Å². The van der Waals surface area contributed by atoms with Crippen molar-refractivity contribution in [3.63, 3.8) is 0 Å². The van der Waals surface area contributed by atoms with E-state index in [1.54, 1.807) is 23.0 Å². The lowest BCUT2D eigenvalue weighted by Gasteiger charge is -2.39. The van der Waals surface area contributed by atoms with Gasteiger partial charge in [0.2, 0.25) is 5.91 Å². The van der Waals surface area contributed by atoms with Gasteiger partial charge in [-0.05, 0) is 43.7 Å². The standard InChI is InChI=1S/C19H20Cl2N6O/c1-19(2,13-3-4-14(20)15(21)11-13)18(28)26-9-7-25(8-10-26)17-6-5-16-23-22-12-27(16)24-17/h3-6,11-12H,7-10H2,1-2H3. The Bertz CT molecular complexity index is 1030. The number of carbonyl (C=O) groups is 1. The molecule has 1 amide bonds. The molecule has 2 aromatic heterocycles. The number of amides is 1. The summed E-state index contributed by atoms with van der Waals surface area (Å²) in [6.07, 6.45) is 1.58. The molecule has 0 saturated carbocycles. The van der Waals surface area contributed by atoms with E-state index in [1.165, 1.54) is 0 Å². The normalized spacial score (nSPS) is 15.3. The highest BCUT2D eigenvalue weighted by Crippen LogP contribution is 2.31. The van der Waals surface area contributed by atoms with Gasteiger partial charge in [0.05, 0.1) is 15.5 Å². The van der Waals surface area contributed by atoms with E-state index in [0.717, 1.165) is 11.4 Å². The Morgan fingerprint density at radius 1 is 1.04 bits per heavy atom. The van der Waals surface area contributed by atoms with Crippen LogP contribution in [-0.2, 0) is 10.2 Å². The van der Waals surface area contributed by atoms with Crippen LogP contribution in [0.1, 0.15) is 19.4 Å². The maximum Gasteiger partial charge on any atom is 0.232 e. The van der Waals surface area contributed by atoms with Crippen LogP contribution in [0.4, 0.5) is 5.82 Å². The highest BCUT2D eigenvalue weighted by atomic mass is 35.5. The molecule has 3 heterocycles. The number of hydrogen-bond acceptors (Lipinski definition) is 5. The Hall–Kier alpha value is -2.38. The molecule has 4 rings (SSSR count). The lowest BCUT2D eigenvalue weighted by molar-refractivity contribution is -0.136. The predicted octanol–water partition coefficient (Wildman–Crippen LogP) is 3.06. The van der Waals surface area contributed by atoms with Crippen LogP contribution < -0.4 is 4.90 Å². The van der Waals surface area contributed by atoms with Crippen molar-refractivity contribution in [1.82, 2.24) is 24.7 Å². The first-order valence-electron chi connectivity index (χ1n) is 9.03. The van der Waals surface area contributed by atoms with Gasteiger partial charge in [0.1, 0.15) is 12.1 Å². The second-order valence-corrected chi connectivity index (χ2v) is 8.17. The highest BCUT2D eigenvalue weighted by Gasteiger charge is 2.35. The van der Waals surface area contributed by atoms with E-state index in [0.29, 0.717) is 41.9 Å². The van der Waals surface area contributed by atoms with Gasteiger partial charge in [0.15, 0.2) is 5.65 Å². The third kappa shape index (κ3) is 3.40. The van der Waals surface area contributed by atoms with E-state index in [4.69, 9.17) is 23.2 Å². The molecule has 7 nitrogen and oxygen atoms in total. The molecular formula is C19H20Cl2N6O. The number of piperazine rings is 1. The molecule has 1 aliphatic heterocycles. The lowest BCUT2D eigenvalue weighted by atomic mass is 9.83. The van der Waals surface area contributed by atoms with Crippen molar-refractivity contribution in [3.05, 3.63) is 52.3 Å². The fraction of sp³-hybridized carbons (Fsp3) is 0.368. The van der Waals surface area contributed by atoms with Crippen LogP contribution in [0.5, 0.6) is 0 Å². The summed E-state index contributed by atoms with van der Waals surface area (Å²) in [6.45, 7) is 6.52. The van der Waals surface area contributed by atoms with Crippen molar-refractivity contribution < 1.29 is 4.79 Å². The molecule has 0 spiro atoms. The summed E-state index contributed by atoms with van der Waals surface area (Å²) < 4.78 is 1.65. The van der Waals surface area contributed by atoms with Crippen molar-refractivity contribution >= 4 is 40.6 Å². The molecule has 0 unspecified atom stereocenters. The molecule has 1 saturated heterocycles. The van der Waals surface area contributed by atoms with Crippen LogP contribution in [0.2, 0.25) is 10.0 Å². The van der Waals surface area contributed by atoms with Gasteiger partial charge in [-0.3, -0.25) is 4.79 Å². The summed E-state index contributed by atoms with van der Waals surface area (Å²) in [4.78, 5) is 17.3. The van der Waals surface area contributed by atoms with Gasteiger partial charge in [0.25, 0.3) is 0 Å². The first-order valence-corrected chi connectivity index (χ1v) is 9.79. The van der Waals surface area contributed by atoms with Crippen LogP contribution in [0.25, 0.3) is 5.65 Å². The minimum absolute atomic E-state index is 0.0766. The van der Waals surface area contributed by atoms with Crippen LogP contribution in [-0.4, -0.2) is 56.8 Å². The summed E-state index contributed by atoms with van der Waals surface area (Å²) in [5.74, 6) is 0.927. The first kappa shape index (κ1) is 19.0. The highest BCUT2D eigenvalue weighted by molar-refractivity contribution is 6.42. The Morgan fingerprint density at radius 2 is 1.79 bits per heavy atom. The fourth-order valence-corrected chi connectivity index (χ4v) is 3.73. The minimum Gasteiger partial charge on any atom is -0.352 e. The van der Waals surface area contributed by atoms with Gasteiger partial charge in [0, 0.05) is 26.2 Å². The third-order valence-corrected chi connectivity index (χ3v) is 5.95. The van der Waals surface area contributed by atoms with Crippen LogP contribution in [0.15, 0.2) is 36.7 Å². The summed E-state index contributed by atoms with van der Waals surface area (Å²) in [5.41, 5.74) is 0.880. The molecule has 0 bridgehead atoms. The smallest absolute Gasteiger partial charge is 0.232 e. The van der Waals surface area contributed by atoms with Crippen LogP contribution in [0, 0.1) is 0 Å². The zero-order valence-electron chi connectivity index (χ0n) is 15.6. The van der Waals surface area contributed by atoms with Gasteiger partial charge in [-0.15, -0.1) is 15.3 Å². The number of rotatable bonds is 3. The molecule has 0 aliphatic carbocycles. The minimum atomic E-state index is -0.684. The third-order valence-electron chi connectivity index (χ3n) is 5.21. The Kier molecular flexibility index (Phi) is 4.89. The molecule has 1 aromatic carbocycles. The van der Waals surface area contributed by atoms with Crippen LogP contribution in [0.3, 0.4) is 0 Å². The van der Waals surface area contributed by atoms with Gasteiger partial charge >= 0.3 is 0 Å². The van der Waals surface area contributed by atoms with Crippen molar-refractivity contribution in [2.24, 2.45) is 0 Å². The Balaban J connectivity index is 1.46. The fourth-order valence-electron chi connectivity index (χ4n) is 3.43. The lowest BCUT2D eigenvalue weighted by Crippen LogP contribution is -2.53. The average molecular weight is 419 g/mol. The topological polar surface area (TPSA) is 66.6 Å². The molecule has 1 aliphatic rings. The maximum absolute atomic E-state index is 13.2. The molecule has 1 fully saturated rings. The summed E-state index contributed by atoms with van der Waals surface area (Å²) >= 11 is 12.2. The molecule has 3 aromatic rings. The monoisotopic (exact) mass is 418 g/mol. The van der Waals surface area contributed by atoms with Crippen molar-refractivity contribution in [2.75, 3.05) is 31.1 Å². The number of carbonyl (C=O) groups excluding carboxylic acids is 1. The second-order valence-electron chi connectivity index (χ2n) is 7.36. The molecule has 0 radical (unpaired) electrons. The Morgan fingerprint density at radius 3 is 2.50 bits per heavy atom. The molecule has 0 N–H and O–H groups in total. The Labute approximate surface area is 172 Å². The quantitative estimate of drug-likeness (QED) is 0.653. The number of hydrogen-bond donors (Lipinski definition) is 0. The van der Waals surface area contributed by atoms with E-state index >= 15 is 0 Å². The van der Waals surface area contributed by atoms with Gasteiger partial charge in [-0.25, -0.2) is 0 Å². The second kappa shape index (κ2) is 7.22. The molecule has 9 heteroatoms. The molecule has 146 valence electrons. The maximum atomic E-state index is 13.2. The number of benzene rings is 1. The number of nitrogens with zero attached hydrogens (tertiary/aromatic N) is 6. The molecule has 0 atom stereocenters. The SMILES string of the molecule is CC(C)(C(=O)N1CCN(c2ccc3nncn3n2)CC1)c1ccc(Cl)c(Cl)c1. The number of fused-ring (bicyclic) bond motifs is 1. The van der Waals surface area contributed by atoms with Crippen molar-refractivity contribution in [3.8, 4) is 0 Å².